The van der Waals surface area contributed by atoms with E-state index >= 15 is 0 Å². The summed E-state index contributed by atoms with van der Waals surface area (Å²) in [5.74, 6) is -0.0447. The number of rotatable bonds is 5. The smallest absolute Gasteiger partial charge is 0.191 e. The molecule has 1 saturated heterocycles. The molecule has 1 aromatic heterocycles. The van der Waals surface area contributed by atoms with E-state index in [1.165, 1.54) is 24.4 Å². The van der Waals surface area contributed by atoms with Crippen LogP contribution in [-0.4, -0.2) is 40.7 Å². The second-order valence-corrected chi connectivity index (χ2v) is 7.84. The Kier molecular flexibility index (Phi) is 5.00. The van der Waals surface area contributed by atoms with Gasteiger partial charge in [-0.1, -0.05) is 13.0 Å². The standard InChI is InChI=1S/C21H24F2N2O2/c1-13(20-6-5-16(26)9-24-20)10-25-11-14-7-17(8-15(14)12-25)27-21-18(22)3-2-4-19(21)23/h2-6,9,13-15,17,26H,7-8,10-12H2,1H3/t13?,14-,15+,17?. The number of aromatic hydroxyl groups is 1. The van der Waals surface area contributed by atoms with Crippen molar-refractivity contribution in [1.82, 2.24) is 9.88 Å². The summed E-state index contributed by atoms with van der Waals surface area (Å²) in [6.07, 6.45) is 3.03. The summed E-state index contributed by atoms with van der Waals surface area (Å²) in [4.78, 5) is 6.74. The first-order valence-electron chi connectivity index (χ1n) is 9.47. The molecule has 0 bridgehead atoms. The molecule has 4 atom stereocenters. The van der Waals surface area contributed by atoms with E-state index in [0.717, 1.165) is 38.2 Å². The lowest BCUT2D eigenvalue weighted by Gasteiger charge is -2.23. The van der Waals surface area contributed by atoms with Crippen LogP contribution < -0.4 is 4.74 Å². The van der Waals surface area contributed by atoms with E-state index in [1.807, 2.05) is 6.07 Å². The molecule has 2 heterocycles. The Morgan fingerprint density at radius 2 is 1.81 bits per heavy atom. The number of nitrogens with zero attached hydrogens (tertiary/aromatic N) is 2. The van der Waals surface area contributed by atoms with Crippen LogP contribution in [0.1, 0.15) is 31.4 Å². The van der Waals surface area contributed by atoms with E-state index in [0.29, 0.717) is 11.8 Å². The molecular weight excluding hydrogens is 350 g/mol. The lowest BCUT2D eigenvalue weighted by molar-refractivity contribution is 0.170. The first kappa shape index (κ1) is 18.2. The molecule has 2 fully saturated rings. The van der Waals surface area contributed by atoms with Gasteiger partial charge in [-0.05, 0) is 48.9 Å². The summed E-state index contributed by atoms with van der Waals surface area (Å²) >= 11 is 0. The highest BCUT2D eigenvalue weighted by Crippen LogP contribution is 2.41. The summed E-state index contributed by atoms with van der Waals surface area (Å²) in [6.45, 7) is 5.01. The molecule has 0 spiro atoms. The van der Waals surface area contributed by atoms with Gasteiger partial charge in [0.25, 0.3) is 0 Å². The van der Waals surface area contributed by atoms with Gasteiger partial charge in [-0.3, -0.25) is 4.98 Å². The average molecular weight is 374 g/mol. The Balaban J connectivity index is 1.31. The van der Waals surface area contributed by atoms with Crippen molar-refractivity contribution in [3.05, 3.63) is 53.9 Å². The zero-order chi connectivity index (χ0) is 19.0. The fraction of sp³-hybridized carbons (Fsp3) is 0.476. The largest absolute Gasteiger partial charge is 0.506 e. The van der Waals surface area contributed by atoms with Crippen LogP contribution in [-0.2, 0) is 0 Å². The minimum Gasteiger partial charge on any atom is -0.506 e. The third-order valence-electron chi connectivity index (χ3n) is 5.79. The summed E-state index contributed by atoms with van der Waals surface area (Å²) in [7, 11) is 0. The van der Waals surface area contributed by atoms with Gasteiger partial charge in [0.1, 0.15) is 5.75 Å². The van der Waals surface area contributed by atoms with Crippen molar-refractivity contribution in [3.63, 3.8) is 0 Å². The van der Waals surface area contributed by atoms with Gasteiger partial charge in [-0.2, -0.15) is 0 Å². The molecule has 144 valence electrons. The monoisotopic (exact) mass is 374 g/mol. The molecule has 1 aromatic carbocycles. The zero-order valence-electron chi connectivity index (χ0n) is 15.3. The highest BCUT2D eigenvalue weighted by atomic mass is 19.1. The topological polar surface area (TPSA) is 45.6 Å². The number of ether oxygens (including phenoxy) is 1. The molecule has 4 rings (SSSR count). The molecule has 6 heteroatoms. The second-order valence-electron chi connectivity index (χ2n) is 7.84. The maximum absolute atomic E-state index is 13.8. The highest BCUT2D eigenvalue weighted by Gasteiger charge is 2.42. The van der Waals surface area contributed by atoms with Gasteiger partial charge >= 0.3 is 0 Å². The van der Waals surface area contributed by atoms with E-state index in [9.17, 15) is 13.9 Å². The van der Waals surface area contributed by atoms with Crippen LogP contribution in [0.2, 0.25) is 0 Å². The van der Waals surface area contributed by atoms with Gasteiger partial charge < -0.3 is 14.7 Å². The molecule has 0 amide bonds. The Labute approximate surface area is 157 Å². The zero-order valence-corrected chi connectivity index (χ0v) is 15.3. The first-order valence-corrected chi connectivity index (χ1v) is 9.47. The molecule has 2 aliphatic rings. The van der Waals surface area contributed by atoms with Crippen LogP contribution in [0, 0.1) is 23.5 Å². The van der Waals surface area contributed by atoms with Crippen LogP contribution in [0.3, 0.4) is 0 Å². The quantitative estimate of drug-likeness (QED) is 0.861. The second kappa shape index (κ2) is 7.43. The molecule has 1 aliphatic carbocycles. The molecule has 2 aromatic rings. The predicted octanol–water partition coefficient (Wildman–Crippen LogP) is 3.96. The van der Waals surface area contributed by atoms with Gasteiger partial charge in [0.15, 0.2) is 17.4 Å². The lowest BCUT2D eigenvalue weighted by atomic mass is 10.0. The van der Waals surface area contributed by atoms with Crippen molar-refractivity contribution in [2.45, 2.75) is 31.8 Å². The maximum Gasteiger partial charge on any atom is 0.191 e. The van der Waals surface area contributed by atoms with Gasteiger partial charge in [-0.25, -0.2) is 8.78 Å². The number of aromatic nitrogens is 1. The summed E-state index contributed by atoms with van der Waals surface area (Å²) in [6, 6.07) is 7.34. The van der Waals surface area contributed by atoms with E-state index in [2.05, 4.69) is 16.8 Å². The highest BCUT2D eigenvalue weighted by molar-refractivity contribution is 5.26. The van der Waals surface area contributed by atoms with E-state index in [-0.39, 0.29) is 23.5 Å². The fourth-order valence-electron chi connectivity index (χ4n) is 4.52. The third-order valence-corrected chi connectivity index (χ3v) is 5.79. The van der Waals surface area contributed by atoms with Crippen LogP contribution in [0.15, 0.2) is 36.5 Å². The van der Waals surface area contributed by atoms with E-state index in [1.54, 1.807) is 6.07 Å². The SMILES string of the molecule is CC(CN1C[C@H]2CC(Oc3c(F)cccc3F)C[C@H]2C1)c1ccc(O)cn1. The number of hydrogen-bond acceptors (Lipinski definition) is 4. The molecule has 1 N–H and O–H groups in total. The number of benzene rings is 1. The Morgan fingerprint density at radius 3 is 2.41 bits per heavy atom. The molecule has 0 radical (unpaired) electrons. The van der Waals surface area contributed by atoms with E-state index in [4.69, 9.17) is 4.74 Å². The van der Waals surface area contributed by atoms with Crippen LogP contribution in [0.5, 0.6) is 11.5 Å². The van der Waals surface area contributed by atoms with Gasteiger partial charge in [-0.15, -0.1) is 0 Å². The van der Waals surface area contributed by atoms with Crippen molar-refractivity contribution in [2.24, 2.45) is 11.8 Å². The summed E-state index contributed by atoms with van der Waals surface area (Å²) in [5.41, 5.74) is 0.973. The molecule has 2 unspecified atom stereocenters. The molecule has 4 nitrogen and oxygen atoms in total. The van der Waals surface area contributed by atoms with Crippen LogP contribution >= 0.6 is 0 Å². The molecule has 27 heavy (non-hydrogen) atoms. The van der Waals surface area contributed by atoms with Crippen molar-refractivity contribution >= 4 is 0 Å². The number of likely N-dealkylation sites (tertiary alicyclic amines) is 1. The first-order chi connectivity index (χ1) is 13.0. The van der Waals surface area contributed by atoms with Crippen molar-refractivity contribution < 1.29 is 18.6 Å². The Hall–Kier alpha value is -2.21. The summed E-state index contributed by atoms with van der Waals surface area (Å²) < 4.78 is 33.2. The number of pyridine rings is 1. The van der Waals surface area contributed by atoms with E-state index < -0.39 is 11.6 Å². The molecular formula is C21H24F2N2O2. The van der Waals surface area contributed by atoms with Crippen LogP contribution in [0.4, 0.5) is 8.78 Å². The number of fused-ring (bicyclic) bond motifs is 1. The maximum atomic E-state index is 13.8. The summed E-state index contributed by atoms with van der Waals surface area (Å²) in [5, 5.41) is 9.36. The molecule has 1 saturated carbocycles. The Morgan fingerprint density at radius 1 is 1.15 bits per heavy atom. The number of halogens is 2. The minimum atomic E-state index is -0.635. The average Bonchev–Trinajstić information content (AvgIpc) is 3.16. The minimum absolute atomic E-state index is 0.121. The lowest BCUT2D eigenvalue weighted by Crippen LogP contribution is -2.28. The predicted molar refractivity (Wildman–Crippen MR) is 97.7 cm³/mol. The number of para-hydroxylation sites is 1. The Bertz CT molecular complexity index is 765. The van der Waals surface area contributed by atoms with Gasteiger partial charge in [0.05, 0.1) is 12.3 Å². The van der Waals surface area contributed by atoms with Crippen molar-refractivity contribution in [1.29, 1.82) is 0 Å². The van der Waals surface area contributed by atoms with Gasteiger partial charge in [0.2, 0.25) is 0 Å². The van der Waals surface area contributed by atoms with Crippen molar-refractivity contribution in [3.8, 4) is 11.5 Å². The third kappa shape index (κ3) is 3.90. The number of hydrogen-bond donors (Lipinski definition) is 1. The molecule has 1 aliphatic heterocycles. The van der Waals surface area contributed by atoms with Gasteiger partial charge in [0, 0.05) is 31.2 Å². The fourth-order valence-corrected chi connectivity index (χ4v) is 4.52. The van der Waals surface area contributed by atoms with Crippen molar-refractivity contribution in [2.75, 3.05) is 19.6 Å². The van der Waals surface area contributed by atoms with Crippen LogP contribution in [0.25, 0.3) is 0 Å². The normalized spacial score (nSPS) is 26.1.